The third-order valence-corrected chi connectivity index (χ3v) is 6.35. The summed E-state index contributed by atoms with van der Waals surface area (Å²) in [5.74, 6) is 0.101. The van der Waals surface area contributed by atoms with Crippen LogP contribution in [-0.2, 0) is 14.3 Å². The van der Waals surface area contributed by atoms with Crippen molar-refractivity contribution in [2.24, 2.45) is 4.99 Å². The van der Waals surface area contributed by atoms with Gasteiger partial charge in [-0.3, -0.25) is 14.2 Å². The highest BCUT2D eigenvalue weighted by Gasteiger charge is 2.33. The second-order valence-corrected chi connectivity index (χ2v) is 8.75. The van der Waals surface area contributed by atoms with E-state index >= 15 is 0 Å². The van der Waals surface area contributed by atoms with E-state index in [2.05, 4.69) is 4.99 Å². The first-order valence-electron chi connectivity index (χ1n) is 10.9. The normalized spacial score (nSPS) is 15.3. The maximum Gasteiger partial charge on any atom is 0.338 e. The van der Waals surface area contributed by atoms with Crippen molar-refractivity contribution in [1.29, 1.82) is 0 Å². The Morgan fingerprint density at radius 2 is 1.89 bits per heavy atom. The fourth-order valence-electron chi connectivity index (χ4n) is 3.88. The van der Waals surface area contributed by atoms with Crippen LogP contribution in [0.15, 0.2) is 69.6 Å². The highest BCUT2D eigenvalue weighted by atomic mass is 32.1. The fourth-order valence-corrected chi connectivity index (χ4v) is 4.92. The quantitative estimate of drug-likeness (QED) is 0.388. The van der Waals surface area contributed by atoms with Crippen LogP contribution in [0.2, 0.25) is 0 Å². The Morgan fingerprint density at radius 1 is 1.14 bits per heavy atom. The number of benzene rings is 2. The van der Waals surface area contributed by atoms with Gasteiger partial charge in [-0.05, 0) is 55.3 Å². The van der Waals surface area contributed by atoms with Gasteiger partial charge in [-0.15, -0.1) is 0 Å². The first-order valence-corrected chi connectivity index (χ1v) is 11.8. The minimum atomic E-state index is -0.703. The van der Waals surface area contributed by atoms with Crippen LogP contribution in [0, 0.1) is 0 Å². The van der Waals surface area contributed by atoms with Crippen molar-refractivity contribution in [1.82, 2.24) is 4.57 Å². The summed E-state index contributed by atoms with van der Waals surface area (Å²) >= 11 is 1.22. The molecule has 3 aromatic rings. The number of esters is 2. The molecule has 1 aliphatic rings. The van der Waals surface area contributed by atoms with Gasteiger partial charge < -0.3 is 14.2 Å². The number of hydrogen-bond acceptors (Lipinski definition) is 8. The molecule has 4 rings (SSSR count). The van der Waals surface area contributed by atoms with Crippen LogP contribution in [0.25, 0.3) is 6.08 Å². The molecule has 2 aromatic carbocycles. The Morgan fingerprint density at radius 3 is 2.54 bits per heavy atom. The van der Waals surface area contributed by atoms with E-state index in [0.717, 1.165) is 5.56 Å². The highest BCUT2D eigenvalue weighted by molar-refractivity contribution is 7.07. The predicted octanol–water partition coefficient (Wildman–Crippen LogP) is 2.73. The van der Waals surface area contributed by atoms with Gasteiger partial charge in [0.2, 0.25) is 0 Å². The van der Waals surface area contributed by atoms with E-state index in [-0.39, 0.29) is 12.2 Å². The predicted molar refractivity (Wildman–Crippen MR) is 131 cm³/mol. The molecule has 35 heavy (non-hydrogen) atoms. The zero-order valence-corrected chi connectivity index (χ0v) is 20.5. The molecule has 8 nitrogen and oxygen atoms in total. The van der Waals surface area contributed by atoms with Crippen LogP contribution >= 0.6 is 11.3 Å². The molecule has 9 heteroatoms. The van der Waals surface area contributed by atoms with Gasteiger partial charge in [0.1, 0.15) is 11.5 Å². The number of aromatic nitrogens is 1. The molecule has 180 valence electrons. The number of fused-ring (bicyclic) bond motifs is 1. The van der Waals surface area contributed by atoms with Crippen molar-refractivity contribution in [3.05, 3.63) is 90.6 Å². The number of carbonyl (C=O) groups excluding carboxylic acids is 2. The molecule has 0 bridgehead atoms. The molecular weight excluding hydrogens is 468 g/mol. The molecule has 0 unspecified atom stereocenters. The van der Waals surface area contributed by atoms with Crippen molar-refractivity contribution >= 4 is 29.4 Å². The molecule has 2 heterocycles. The van der Waals surface area contributed by atoms with Crippen LogP contribution in [0.1, 0.15) is 37.9 Å². The van der Waals surface area contributed by atoms with E-state index in [9.17, 15) is 14.4 Å². The van der Waals surface area contributed by atoms with E-state index in [1.54, 1.807) is 63.4 Å². The van der Waals surface area contributed by atoms with Crippen molar-refractivity contribution in [3.8, 4) is 11.5 Å². The SMILES string of the molecule is CCOC(=O)C1=C(C)N=c2s/c(=C\c3cccc(OC(C)=O)c3)c(=O)n2[C@H]1c1ccc(OC)cc1. The molecule has 1 atom stereocenters. The second-order valence-electron chi connectivity index (χ2n) is 7.74. The number of methoxy groups -OCH3 is 1. The molecule has 0 radical (unpaired) electrons. The summed E-state index contributed by atoms with van der Waals surface area (Å²) in [6.45, 7) is 5.00. The Labute approximate surface area is 205 Å². The third kappa shape index (κ3) is 4.95. The maximum atomic E-state index is 13.6. The van der Waals surface area contributed by atoms with Gasteiger partial charge in [-0.2, -0.15) is 0 Å². The zero-order valence-electron chi connectivity index (χ0n) is 19.7. The number of rotatable bonds is 6. The Bertz CT molecular complexity index is 1500. The topological polar surface area (TPSA) is 96.2 Å². The van der Waals surface area contributed by atoms with E-state index in [0.29, 0.717) is 37.7 Å². The minimum Gasteiger partial charge on any atom is -0.497 e. The van der Waals surface area contributed by atoms with Crippen LogP contribution in [0.3, 0.4) is 0 Å². The van der Waals surface area contributed by atoms with Gasteiger partial charge in [0.25, 0.3) is 5.56 Å². The number of ether oxygens (including phenoxy) is 3. The van der Waals surface area contributed by atoms with Gasteiger partial charge in [0.05, 0.1) is 35.6 Å². The van der Waals surface area contributed by atoms with E-state index < -0.39 is 18.0 Å². The fraction of sp³-hybridized carbons (Fsp3) is 0.231. The first kappa shape index (κ1) is 24.2. The van der Waals surface area contributed by atoms with E-state index in [1.165, 1.54) is 22.8 Å². The second kappa shape index (κ2) is 10.1. The van der Waals surface area contributed by atoms with Crippen molar-refractivity contribution < 1.29 is 23.8 Å². The summed E-state index contributed by atoms with van der Waals surface area (Å²) in [7, 11) is 1.57. The zero-order chi connectivity index (χ0) is 25.1. The van der Waals surface area contributed by atoms with Crippen LogP contribution in [-0.4, -0.2) is 30.2 Å². The van der Waals surface area contributed by atoms with Gasteiger partial charge in [-0.25, -0.2) is 9.79 Å². The van der Waals surface area contributed by atoms with Crippen LogP contribution in [0.4, 0.5) is 0 Å². The number of allylic oxidation sites excluding steroid dienone is 1. The van der Waals surface area contributed by atoms with Crippen LogP contribution < -0.4 is 24.4 Å². The molecule has 0 saturated carbocycles. The number of thiazole rings is 1. The van der Waals surface area contributed by atoms with Crippen LogP contribution in [0.5, 0.6) is 11.5 Å². The summed E-state index contributed by atoms with van der Waals surface area (Å²) in [6.07, 6.45) is 1.71. The van der Waals surface area contributed by atoms with Gasteiger partial charge in [-0.1, -0.05) is 35.6 Å². The largest absolute Gasteiger partial charge is 0.497 e. The van der Waals surface area contributed by atoms with E-state index in [1.807, 2.05) is 12.1 Å². The molecule has 0 saturated heterocycles. The molecule has 0 amide bonds. The molecule has 0 aliphatic carbocycles. The van der Waals surface area contributed by atoms with E-state index in [4.69, 9.17) is 14.2 Å². The lowest BCUT2D eigenvalue weighted by Gasteiger charge is -2.24. The monoisotopic (exact) mass is 492 g/mol. The van der Waals surface area contributed by atoms with Crippen molar-refractivity contribution in [2.75, 3.05) is 13.7 Å². The average Bonchev–Trinajstić information content (AvgIpc) is 3.12. The lowest BCUT2D eigenvalue weighted by Crippen LogP contribution is -2.39. The number of nitrogens with zero attached hydrogens (tertiary/aromatic N) is 2. The Kier molecular flexibility index (Phi) is 6.97. The number of carbonyl (C=O) groups is 2. The third-order valence-electron chi connectivity index (χ3n) is 5.37. The summed E-state index contributed by atoms with van der Waals surface area (Å²) in [5, 5.41) is 0. The summed E-state index contributed by atoms with van der Waals surface area (Å²) in [5.41, 5.74) is 1.94. The van der Waals surface area contributed by atoms with Crippen molar-refractivity contribution in [2.45, 2.75) is 26.8 Å². The maximum absolute atomic E-state index is 13.6. The van der Waals surface area contributed by atoms with Crippen molar-refractivity contribution in [3.63, 3.8) is 0 Å². The Hall–Kier alpha value is -3.98. The lowest BCUT2D eigenvalue weighted by molar-refractivity contribution is -0.139. The first-order chi connectivity index (χ1) is 16.8. The minimum absolute atomic E-state index is 0.202. The standard InChI is InChI=1S/C26H24N2O6S/c1-5-33-25(31)22-15(2)27-26-28(23(22)18-9-11-19(32-4)12-10-18)24(30)21(35-26)14-17-7-6-8-20(13-17)34-16(3)29/h6-14,23H,5H2,1-4H3/b21-14-/t23-/m0/s1. The summed E-state index contributed by atoms with van der Waals surface area (Å²) in [6, 6.07) is 13.4. The molecule has 1 aliphatic heterocycles. The van der Waals surface area contributed by atoms with Gasteiger partial charge >= 0.3 is 11.9 Å². The number of hydrogen-bond donors (Lipinski definition) is 0. The molecule has 0 fully saturated rings. The molecule has 0 spiro atoms. The van der Waals surface area contributed by atoms with Gasteiger partial charge in [0.15, 0.2) is 4.80 Å². The molecule has 1 aromatic heterocycles. The average molecular weight is 493 g/mol. The Balaban J connectivity index is 1.89. The smallest absolute Gasteiger partial charge is 0.338 e. The molecule has 0 N–H and O–H groups in total. The molecular formula is C26H24N2O6S. The lowest BCUT2D eigenvalue weighted by atomic mass is 9.96. The summed E-state index contributed by atoms with van der Waals surface area (Å²) < 4.78 is 17.7. The van der Waals surface area contributed by atoms with Gasteiger partial charge in [0, 0.05) is 6.92 Å². The highest BCUT2D eigenvalue weighted by Crippen LogP contribution is 2.31. The summed E-state index contributed by atoms with van der Waals surface area (Å²) in [4.78, 5) is 42.9.